The van der Waals surface area contributed by atoms with Crippen molar-refractivity contribution in [3.63, 3.8) is 0 Å². The van der Waals surface area contributed by atoms with Crippen LogP contribution in [-0.2, 0) is 9.53 Å². The number of rotatable bonds is 12. The second kappa shape index (κ2) is 12.0. The van der Waals surface area contributed by atoms with E-state index in [0.717, 1.165) is 30.6 Å². The third-order valence-electron chi connectivity index (χ3n) is 5.10. The monoisotopic (exact) mass is 474 g/mol. The van der Waals surface area contributed by atoms with E-state index in [1.807, 2.05) is 39.0 Å². The molecule has 1 aliphatic heterocycles. The van der Waals surface area contributed by atoms with Gasteiger partial charge >= 0.3 is 5.97 Å². The molecule has 0 fully saturated rings. The van der Waals surface area contributed by atoms with E-state index in [1.165, 1.54) is 0 Å². The van der Waals surface area contributed by atoms with E-state index >= 15 is 0 Å². The number of esters is 1. The predicted molar refractivity (Wildman–Crippen MR) is 130 cm³/mol. The van der Waals surface area contributed by atoms with Crippen LogP contribution in [0.15, 0.2) is 34.6 Å². The quantitative estimate of drug-likeness (QED) is 0.255. The fraction of sp³-hybridized carbons (Fsp3) is 0.542. The van der Waals surface area contributed by atoms with Crippen molar-refractivity contribution in [3.05, 3.63) is 35.0 Å². The Hall–Kier alpha value is -2.68. The first-order chi connectivity index (χ1) is 16.0. The molecule has 9 heteroatoms. The lowest BCUT2D eigenvalue weighted by molar-refractivity contribution is -0.139. The van der Waals surface area contributed by atoms with Crippen molar-refractivity contribution in [1.29, 1.82) is 0 Å². The van der Waals surface area contributed by atoms with Crippen molar-refractivity contribution in [1.82, 2.24) is 14.8 Å². The van der Waals surface area contributed by atoms with Crippen LogP contribution in [0, 0.1) is 0 Å². The van der Waals surface area contributed by atoms with E-state index in [9.17, 15) is 4.79 Å². The highest BCUT2D eigenvalue weighted by Gasteiger charge is 2.35. The smallest absolute Gasteiger partial charge is 0.338 e. The number of carbonyl (C=O) groups excluding carboxylic acids is 1. The zero-order valence-electron chi connectivity index (χ0n) is 20.1. The highest BCUT2D eigenvalue weighted by atomic mass is 32.2. The molecule has 180 valence electrons. The Morgan fingerprint density at radius 2 is 1.88 bits per heavy atom. The summed E-state index contributed by atoms with van der Waals surface area (Å²) >= 11 is 1.60. The first-order valence-corrected chi connectivity index (χ1v) is 12.7. The lowest BCUT2D eigenvalue weighted by Crippen LogP contribution is -2.30. The zero-order chi connectivity index (χ0) is 23.8. The molecule has 1 aliphatic rings. The molecule has 0 spiro atoms. The maximum Gasteiger partial charge on any atom is 0.338 e. The lowest BCUT2D eigenvalue weighted by Gasteiger charge is -2.28. The maximum absolute atomic E-state index is 13.2. The predicted octanol–water partition coefficient (Wildman–Crippen LogP) is 5.21. The fourth-order valence-corrected chi connectivity index (χ4v) is 4.27. The summed E-state index contributed by atoms with van der Waals surface area (Å²) in [5, 5.41) is 8.66. The maximum atomic E-state index is 13.2. The number of ether oxygens (including phenoxy) is 3. The van der Waals surface area contributed by atoms with E-state index in [1.54, 1.807) is 16.4 Å². The topological polar surface area (TPSA) is 87.5 Å². The molecule has 8 nitrogen and oxygen atoms in total. The molecule has 2 aromatic rings. The van der Waals surface area contributed by atoms with E-state index in [0.29, 0.717) is 53.7 Å². The van der Waals surface area contributed by atoms with Gasteiger partial charge in [-0.3, -0.25) is 0 Å². The zero-order valence-corrected chi connectivity index (χ0v) is 21.0. The minimum Gasteiger partial charge on any atom is -0.490 e. The molecule has 33 heavy (non-hydrogen) atoms. The third-order valence-corrected chi connectivity index (χ3v) is 6.15. The molecule has 0 saturated carbocycles. The van der Waals surface area contributed by atoms with Gasteiger partial charge in [-0.25, -0.2) is 9.48 Å². The van der Waals surface area contributed by atoms with E-state index < -0.39 is 6.04 Å². The number of nitrogens with one attached hydrogen (secondary N) is 1. The van der Waals surface area contributed by atoms with Crippen molar-refractivity contribution in [2.75, 3.05) is 30.9 Å². The Kier molecular flexibility index (Phi) is 9.05. The molecule has 0 aliphatic carbocycles. The van der Waals surface area contributed by atoms with Crippen LogP contribution in [0.4, 0.5) is 5.95 Å². The van der Waals surface area contributed by atoms with E-state index in [4.69, 9.17) is 19.3 Å². The van der Waals surface area contributed by atoms with E-state index in [2.05, 4.69) is 24.1 Å². The number of hydrogen-bond donors (Lipinski definition) is 1. The summed E-state index contributed by atoms with van der Waals surface area (Å²) in [7, 11) is 0. The molecule has 0 saturated heterocycles. The SMILES string of the molecule is CCCCOC(=O)C1=C(C)Nc2nc(SCCC)nn2C1c1ccc(OCC)c(OCC)c1. The molecule has 1 aromatic heterocycles. The number of hydrogen-bond acceptors (Lipinski definition) is 8. The Bertz CT molecular complexity index is 989. The molecular weight excluding hydrogens is 440 g/mol. The highest BCUT2D eigenvalue weighted by Crippen LogP contribution is 2.40. The molecule has 0 amide bonds. The minimum atomic E-state index is -0.492. The van der Waals surface area contributed by atoms with Crippen molar-refractivity contribution in [2.45, 2.75) is 65.1 Å². The van der Waals surface area contributed by atoms with Crippen LogP contribution < -0.4 is 14.8 Å². The van der Waals surface area contributed by atoms with E-state index in [-0.39, 0.29) is 5.97 Å². The number of benzene rings is 1. The van der Waals surface area contributed by atoms with Crippen LogP contribution in [0.25, 0.3) is 0 Å². The normalized spacial score (nSPS) is 15.1. The standard InChI is InChI=1S/C24H34N4O4S/c1-6-10-13-32-22(29)20-16(5)25-23-26-24(33-14-7-2)27-28(23)21(20)17-11-12-18(30-8-3)19(15-17)31-9-4/h11-12,15,21H,6-10,13-14H2,1-5H3,(H,25,26,27). The Labute approximate surface area is 200 Å². The Balaban J connectivity index is 2.07. The summed E-state index contributed by atoms with van der Waals surface area (Å²) in [4.78, 5) is 17.8. The molecule has 3 rings (SSSR count). The average Bonchev–Trinajstić information content (AvgIpc) is 3.20. The number of anilines is 1. The van der Waals surface area contributed by atoms with Crippen LogP contribution in [0.2, 0.25) is 0 Å². The van der Waals surface area contributed by atoms with Crippen molar-refractivity contribution < 1.29 is 19.0 Å². The number of aromatic nitrogens is 3. The lowest BCUT2D eigenvalue weighted by atomic mass is 9.95. The average molecular weight is 475 g/mol. The highest BCUT2D eigenvalue weighted by molar-refractivity contribution is 7.99. The van der Waals surface area contributed by atoms with Gasteiger partial charge in [0.1, 0.15) is 6.04 Å². The largest absolute Gasteiger partial charge is 0.490 e. The third kappa shape index (κ3) is 5.82. The summed E-state index contributed by atoms with van der Waals surface area (Å²) in [6.07, 6.45) is 2.79. The first kappa shape index (κ1) is 25.0. The van der Waals surface area contributed by atoms with Gasteiger partial charge in [0.25, 0.3) is 0 Å². The van der Waals surface area contributed by atoms with Crippen LogP contribution in [0.3, 0.4) is 0 Å². The Morgan fingerprint density at radius 1 is 1.12 bits per heavy atom. The molecule has 1 unspecified atom stereocenters. The van der Waals surface area contributed by atoms with Gasteiger partial charge in [-0.15, -0.1) is 5.10 Å². The number of carbonyl (C=O) groups is 1. The van der Waals surface area contributed by atoms with Crippen molar-refractivity contribution in [2.24, 2.45) is 0 Å². The number of nitrogens with zero attached hydrogens (tertiary/aromatic N) is 3. The summed E-state index contributed by atoms with van der Waals surface area (Å²) in [6, 6.07) is 5.25. The molecule has 1 atom stereocenters. The summed E-state index contributed by atoms with van der Waals surface area (Å²) in [5.74, 6) is 2.48. The second-order valence-electron chi connectivity index (χ2n) is 7.64. The number of unbranched alkanes of at least 4 members (excludes halogenated alkanes) is 1. The summed E-state index contributed by atoms with van der Waals surface area (Å²) in [5.41, 5.74) is 2.07. The second-order valence-corrected chi connectivity index (χ2v) is 8.70. The summed E-state index contributed by atoms with van der Waals surface area (Å²) in [6.45, 7) is 11.3. The number of allylic oxidation sites excluding steroid dienone is 1. The van der Waals surface area contributed by atoms with Gasteiger partial charge in [0, 0.05) is 11.4 Å². The minimum absolute atomic E-state index is 0.353. The van der Waals surface area contributed by atoms with Crippen molar-refractivity contribution >= 4 is 23.7 Å². The van der Waals surface area contributed by atoms with Gasteiger partial charge in [-0.1, -0.05) is 38.1 Å². The molecular formula is C24H34N4O4S. The molecule has 1 aromatic carbocycles. The van der Waals surface area contributed by atoms with Crippen LogP contribution in [-0.4, -0.2) is 46.3 Å². The number of fused-ring (bicyclic) bond motifs is 1. The molecule has 0 bridgehead atoms. The molecule has 1 N–H and O–H groups in total. The van der Waals surface area contributed by atoms with Gasteiger partial charge in [0.15, 0.2) is 11.5 Å². The molecule has 0 radical (unpaired) electrons. The van der Waals surface area contributed by atoms with Crippen LogP contribution in [0.5, 0.6) is 11.5 Å². The summed E-state index contributed by atoms with van der Waals surface area (Å²) < 4.78 is 19.0. The Morgan fingerprint density at radius 3 is 2.58 bits per heavy atom. The van der Waals surface area contributed by atoms with Gasteiger partial charge in [-0.2, -0.15) is 4.98 Å². The van der Waals surface area contributed by atoms with Crippen LogP contribution in [0.1, 0.15) is 65.5 Å². The molecule has 2 heterocycles. The van der Waals surface area contributed by atoms with Crippen LogP contribution >= 0.6 is 11.8 Å². The number of thioether (sulfide) groups is 1. The first-order valence-electron chi connectivity index (χ1n) is 11.7. The van der Waals surface area contributed by atoms with Gasteiger partial charge in [0.2, 0.25) is 11.1 Å². The fourth-order valence-electron chi connectivity index (χ4n) is 3.58. The van der Waals surface area contributed by atoms with Crippen molar-refractivity contribution in [3.8, 4) is 11.5 Å². The van der Waals surface area contributed by atoms with Gasteiger partial charge < -0.3 is 19.5 Å². The van der Waals surface area contributed by atoms with Gasteiger partial charge in [0.05, 0.1) is 25.4 Å². The van der Waals surface area contributed by atoms with Gasteiger partial charge in [-0.05, 0) is 51.3 Å².